The number of benzene rings is 3. The molecule has 1 aromatic heterocycles. The molecule has 6 heteroatoms. The number of carbonyl (C=O) groups excluding carboxylic acids is 1. The summed E-state index contributed by atoms with van der Waals surface area (Å²) in [5.41, 5.74) is 4.21. The van der Waals surface area contributed by atoms with Crippen LogP contribution in [0.2, 0.25) is 0 Å². The van der Waals surface area contributed by atoms with Gasteiger partial charge in [0.15, 0.2) is 5.58 Å². The van der Waals surface area contributed by atoms with Crippen LogP contribution in [-0.2, 0) is 11.2 Å². The van der Waals surface area contributed by atoms with E-state index in [1.807, 2.05) is 47.4 Å². The van der Waals surface area contributed by atoms with Gasteiger partial charge in [0.2, 0.25) is 11.8 Å². The number of oxazole rings is 1. The van der Waals surface area contributed by atoms with E-state index in [1.165, 1.54) is 12.1 Å². The summed E-state index contributed by atoms with van der Waals surface area (Å²) in [5.74, 6) is 1.04. The van der Waals surface area contributed by atoms with Crippen LogP contribution >= 0.6 is 0 Å². The summed E-state index contributed by atoms with van der Waals surface area (Å²) in [7, 11) is 1.66. The molecule has 1 aliphatic heterocycles. The van der Waals surface area contributed by atoms with Gasteiger partial charge < -0.3 is 14.1 Å². The lowest BCUT2D eigenvalue weighted by atomic mass is 10.0. The first-order chi connectivity index (χ1) is 15.6. The molecule has 1 saturated heterocycles. The van der Waals surface area contributed by atoms with Crippen LogP contribution in [0.25, 0.3) is 22.2 Å². The summed E-state index contributed by atoms with van der Waals surface area (Å²) in [6.07, 6.45) is 1.93. The predicted octanol–water partition coefficient (Wildman–Crippen LogP) is 5.55. The van der Waals surface area contributed by atoms with Gasteiger partial charge in [-0.1, -0.05) is 36.4 Å². The van der Waals surface area contributed by atoms with Crippen LogP contribution in [-0.4, -0.2) is 29.4 Å². The van der Waals surface area contributed by atoms with Crippen LogP contribution < -0.4 is 4.74 Å². The molecule has 1 atom stereocenters. The zero-order valence-corrected chi connectivity index (χ0v) is 17.8. The van der Waals surface area contributed by atoms with Crippen LogP contribution in [0.1, 0.15) is 30.3 Å². The van der Waals surface area contributed by atoms with E-state index >= 15 is 0 Å². The Labute approximate surface area is 185 Å². The smallest absolute Gasteiger partial charge is 0.227 e. The zero-order valence-electron chi connectivity index (χ0n) is 17.8. The van der Waals surface area contributed by atoms with Crippen molar-refractivity contribution in [1.29, 1.82) is 0 Å². The molecule has 32 heavy (non-hydrogen) atoms. The first kappa shape index (κ1) is 20.2. The van der Waals surface area contributed by atoms with E-state index in [4.69, 9.17) is 14.1 Å². The fraction of sp³-hybridized carbons (Fsp3) is 0.231. The SMILES string of the molecule is COc1ccccc1-c1ccc2oc([C@H]3CCCN3C(=O)Cc3ccc(F)cc3)nc2c1. The second-order valence-electron chi connectivity index (χ2n) is 7.98. The molecule has 0 saturated carbocycles. The highest BCUT2D eigenvalue weighted by Gasteiger charge is 2.33. The van der Waals surface area contributed by atoms with Crippen LogP contribution in [0.3, 0.4) is 0 Å². The monoisotopic (exact) mass is 430 g/mol. The van der Waals surface area contributed by atoms with Gasteiger partial charge in [-0.3, -0.25) is 4.79 Å². The molecule has 0 radical (unpaired) electrons. The van der Waals surface area contributed by atoms with E-state index in [1.54, 1.807) is 19.2 Å². The zero-order chi connectivity index (χ0) is 22.1. The Hall–Kier alpha value is -3.67. The van der Waals surface area contributed by atoms with Crippen molar-refractivity contribution < 1.29 is 18.3 Å². The van der Waals surface area contributed by atoms with Crippen LogP contribution in [0, 0.1) is 5.82 Å². The number of hydrogen-bond donors (Lipinski definition) is 0. The number of ether oxygens (including phenoxy) is 1. The largest absolute Gasteiger partial charge is 0.496 e. The van der Waals surface area contributed by atoms with Crippen molar-refractivity contribution in [2.75, 3.05) is 13.7 Å². The van der Waals surface area contributed by atoms with Crippen molar-refractivity contribution in [1.82, 2.24) is 9.88 Å². The molecule has 0 unspecified atom stereocenters. The third kappa shape index (κ3) is 3.84. The number of halogens is 1. The third-order valence-electron chi connectivity index (χ3n) is 5.95. The molecular formula is C26H23FN2O3. The van der Waals surface area contributed by atoms with Gasteiger partial charge in [0, 0.05) is 12.1 Å². The van der Waals surface area contributed by atoms with Crippen molar-refractivity contribution in [3.05, 3.63) is 84.0 Å². The molecule has 0 bridgehead atoms. The maximum absolute atomic E-state index is 13.2. The van der Waals surface area contributed by atoms with Gasteiger partial charge in [-0.15, -0.1) is 0 Å². The van der Waals surface area contributed by atoms with Gasteiger partial charge in [0.25, 0.3) is 0 Å². The van der Waals surface area contributed by atoms with E-state index in [0.29, 0.717) is 18.0 Å². The summed E-state index contributed by atoms with van der Waals surface area (Å²) in [5, 5.41) is 0. The number of hydrogen-bond acceptors (Lipinski definition) is 4. The number of rotatable bonds is 5. The quantitative estimate of drug-likeness (QED) is 0.417. The van der Waals surface area contributed by atoms with Crippen molar-refractivity contribution in [2.45, 2.75) is 25.3 Å². The number of methoxy groups -OCH3 is 1. The van der Waals surface area contributed by atoms with Gasteiger partial charge >= 0.3 is 0 Å². The summed E-state index contributed by atoms with van der Waals surface area (Å²) in [6.45, 7) is 0.663. The first-order valence-electron chi connectivity index (χ1n) is 10.7. The van der Waals surface area contributed by atoms with Crippen LogP contribution in [0.15, 0.2) is 71.1 Å². The second kappa shape index (κ2) is 8.46. The fourth-order valence-electron chi connectivity index (χ4n) is 4.34. The lowest BCUT2D eigenvalue weighted by molar-refractivity contribution is -0.131. The summed E-state index contributed by atoms with van der Waals surface area (Å²) >= 11 is 0. The number of fused-ring (bicyclic) bond motifs is 1. The van der Waals surface area contributed by atoms with Gasteiger partial charge in [0.05, 0.1) is 13.5 Å². The Bertz CT molecular complexity index is 1270. The molecule has 0 aliphatic carbocycles. The van der Waals surface area contributed by atoms with Gasteiger partial charge in [-0.25, -0.2) is 9.37 Å². The van der Waals surface area contributed by atoms with E-state index < -0.39 is 0 Å². The summed E-state index contributed by atoms with van der Waals surface area (Å²) < 4.78 is 24.7. The molecule has 162 valence electrons. The minimum absolute atomic E-state index is 0.00363. The van der Waals surface area contributed by atoms with E-state index in [2.05, 4.69) is 0 Å². The lowest BCUT2D eigenvalue weighted by Crippen LogP contribution is -2.32. The van der Waals surface area contributed by atoms with Gasteiger partial charge in [-0.05, 0) is 54.3 Å². The number of para-hydroxylation sites is 1. The Morgan fingerprint density at radius 1 is 1.16 bits per heavy atom. The average molecular weight is 430 g/mol. The van der Waals surface area contributed by atoms with Crippen molar-refractivity contribution in [2.24, 2.45) is 0 Å². The Morgan fingerprint density at radius 2 is 1.97 bits per heavy atom. The molecule has 0 spiro atoms. The number of nitrogens with zero attached hydrogens (tertiary/aromatic N) is 2. The maximum atomic E-state index is 13.2. The molecule has 1 amide bonds. The first-order valence-corrected chi connectivity index (χ1v) is 10.7. The van der Waals surface area contributed by atoms with Crippen molar-refractivity contribution in [3.8, 4) is 16.9 Å². The topological polar surface area (TPSA) is 55.6 Å². The summed E-state index contributed by atoms with van der Waals surface area (Å²) in [6, 6.07) is 19.6. The van der Waals surface area contributed by atoms with Crippen LogP contribution in [0.4, 0.5) is 4.39 Å². The fourth-order valence-corrected chi connectivity index (χ4v) is 4.34. The van der Waals surface area contributed by atoms with E-state index in [9.17, 15) is 9.18 Å². The molecule has 3 aromatic carbocycles. The minimum Gasteiger partial charge on any atom is -0.496 e. The lowest BCUT2D eigenvalue weighted by Gasteiger charge is -2.22. The Morgan fingerprint density at radius 3 is 2.78 bits per heavy atom. The normalized spacial score (nSPS) is 15.9. The minimum atomic E-state index is -0.306. The van der Waals surface area contributed by atoms with Gasteiger partial charge in [0.1, 0.15) is 23.1 Å². The molecule has 5 nitrogen and oxygen atoms in total. The molecule has 5 rings (SSSR count). The molecule has 2 heterocycles. The average Bonchev–Trinajstić information content (AvgIpc) is 3.47. The number of aromatic nitrogens is 1. The molecular weight excluding hydrogens is 407 g/mol. The molecule has 0 N–H and O–H groups in total. The van der Waals surface area contributed by atoms with Crippen molar-refractivity contribution >= 4 is 17.0 Å². The number of likely N-dealkylation sites (tertiary alicyclic amines) is 1. The van der Waals surface area contributed by atoms with Crippen molar-refractivity contribution in [3.63, 3.8) is 0 Å². The number of carbonyl (C=O) groups is 1. The number of amides is 1. The van der Waals surface area contributed by atoms with E-state index in [-0.39, 0.29) is 24.2 Å². The van der Waals surface area contributed by atoms with E-state index in [0.717, 1.165) is 40.8 Å². The van der Waals surface area contributed by atoms with Crippen LogP contribution in [0.5, 0.6) is 5.75 Å². The Kier molecular flexibility index (Phi) is 5.35. The maximum Gasteiger partial charge on any atom is 0.227 e. The summed E-state index contributed by atoms with van der Waals surface area (Å²) in [4.78, 5) is 19.5. The highest BCUT2D eigenvalue weighted by Crippen LogP contribution is 2.36. The molecule has 4 aromatic rings. The Balaban J connectivity index is 1.41. The highest BCUT2D eigenvalue weighted by molar-refractivity contribution is 5.83. The van der Waals surface area contributed by atoms with Gasteiger partial charge in [-0.2, -0.15) is 0 Å². The predicted molar refractivity (Wildman–Crippen MR) is 120 cm³/mol. The highest BCUT2D eigenvalue weighted by atomic mass is 19.1. The standard InChI is InChI=1S/C26H23FN2O3/c1-31-23-7-3-2-5-20(23)18-10-13-24-21(16-18)28-26(32-24)22-6-4-14-29(22)25(30)15-17-8-11-19(27)12-9-17/h2-3,5,7-13,16,22H,4,6,14-15H2,1H3/t22-/m1/s1. The molecule has 1 fully saturated rings. The third-order valence-corrected chi connectivity index (χ3v) is 5.95. The molecule has 1 aliphatic rings. The second-order valence-corrected chi connectivity index (χ2v) is 7.98.